The Labute approximate surface area is 112 Å². The Morgan fingerprint density at radius 1 is 1.37 bits per heavy atom. The first-order chi connectivity index (χ1) is 9.15. The fourth-order valence-corrected chi connectivity index (χ4v) is 3.43. The van der Waals surface area contributed by atoms with Crippen LogP contribution in [0.2, 0.25) is 0 Å². The molecule has 4 heteroatoms. The molecule has 2 nitrogen and oxygen atoms in total. The first-order valence-corrected chi connectivity index (χ1v) is 6.99. The summed E-state index contributed by atoms with van der Waals surface area (Å²) >= 11 is 0. The largest absolute Gasteiger partial charge is 0.379 e. The third kappa shape index (κ3) is 2.02. The SMILES string of the molecule is CCOC1CC(Nc2ccc(F)cc2F)C12CCC2. The molecule has 0 aliphatic heterocycles. The molecule has 3 rings (SSSR count). The number of anilines is 1. The van der Waals surface area contributed by atoms with E-state index in [-0.39, 0.29) is 11.5 Å². The smallest absolute Gasteiger partial charge is 0.149 e. The lowest BCUT2D eigenvalue weighted by molar-refractivity contribution is -0.157. The van der Waals surface area contributed by atoms with Gasteiger partial charge in [-0.2, -0.15) is 0 Å². The zero-order chi connectivity index (χ0) is 13.5. The van der Waals surface area contributed by atoms with E-state index in [9.17, 15) is 8.78 Å². The lowest BCUT2D eigenvalue weighted by Crippen LogP contribution is -2.64. The second kappa shape index (κ2) is 4.75. The first kappa shape index (κ1) is 12.9. The van der Waals surface area contributed by atoms with Gasteiger partial charge in [-0.1, -0.05) is 6.42 Å². The molecule has 0 radical (unpaired) electrons. The van der Waals surface area contributed by atoms with Gasteiger partial charge in [-0.25, -0.2) is 8.78 Å². The van der Waals surface area contributed by atoms with Gasteiger partial charge in [0.15, 0.2) is 0 Å². The van der Waals surface area contributed by atoms with Crippen molar-refractivity contribution in [1.29, 1.82) is 0 Å². The molecule has 104 valence electrons. The van der Waals surface area contributed by atoms with Crippen molar-refractivity contribution in [3.63, 3.8) is 0 Å². The Kier molecular flexibility index (Phi) is 3.21. The zero-order valence-corrected chi connectivity index (χ0v) is 11.1. The molecule has 2 saturated carbocycles. The highest BCUT2D eigenvalue weighted by molar-refractivity contribution is 5.47. The van der Waals surface area contributed by atoms with Crippen LogP contribution in [-0.2, 0) is 4.74 Å². The van der Waals surface area contributed by atoms with Crippen LogP contribution < -0.4 is 5.32 Å². The van der Waals surface area contributed by atoms with Crippen LogP contribution in [0.4, 0.5) is 14.5 Å². The van der Waals surface area contributed by atoms with Gasteiger partial charge < -0.3 is 10.1 Å². The number of ether oxygens (including phenoxy) is 1. The van der Waals surface area contributed by atoms with Crippen LogP contribution in [0.15, 0.2) is 18.2 Å². The number of benzene rings is 1. The second-order valence-corrected chi connectivity index (χ2v) is 5.59. The van der Waals surface area contributed by atoms with Crippen LogP contribution in [-0.4, -0.2) is 18.8 Å². The molecule has 0 heterocycles. The fourth-order valence-electron chi connectivity index (χ4n) is 3.43. The topological polar surface area (TPSA) is 21.3 Å². The lowest BCUT2D eigenvalue weighted by atomic mass is 9.51. The summed E-state index contributed by atoms with van der Waals surface area (Å²) in [5.74, 6) is -1.06. The highest BCUT2D eigenvalue weighted by atomic mass is 19.1. The highest BCUT2D eigenvalue weighted by Gasteiger charge is 2.58. The van der Waals surface area contributed by atoms with Gasteiger partial charge in [-0.05, 0) is 38.3 Å². The maximum atomic E-state index is 13.7. The van der Waals surface area contributed by atoms with Crippen LogP contribution >= 0.6 is 0 Å². The van der Waals surface area contributed by atoms with E-state index in [1.807, 2.05) is 6.92 Å². The van der Waals surface area contributed by atoms with E-state index in [1.165, 1.54) is 18.6 Å². The number of halogens is 2. The molecule has 0 saturated heterocycles. The molecule has 1 spiro atoms. The summed E-state index contributed by atoms with van der Waals surface area (Å²) in [5.41, 5.74) is 0.573. The van der Waals surface area contributed by atoms with Crippen LogP contribution in [0.5, 0.6) is 0 Å². The van der Waals surface area contributed by atoms with Gasteiger partial charge in [0.25, 0.3) is 0 Å². The van der Waals surface area contributed by atoms with E-state index in [2.05, 4.69) is 5.32 Å². The monoisotopic (exact) mass is 267 g/mol. The van der Waals surface area contributed by atoms with E-state index in [1.54, 1.807) is 0 Å². The van der Waals surface area contributed by atoms with Gasteiger partial charge in [0.1, 0.15) is 11.6 Å². The lowest BCUT2D eigenvalue weighted by Gasteiger charge is -2.61. The third-order valence-corrected chi connectivity index (χ3v) is 4.70. The minimum absolute atomic E-state index is 0.177. The van der Waals surface area contributed by atoms with Crippen molar-refractivity contribution in [1.82, 2.24) is 0 Å². The molecule has 2 atom stereocenters. The van der Waals surface area contributed by atoms with Crippen molar-refractivity contribution in [2.75, 3.05) is 11.9 Å². The molecule has 19 heavy (non-hydrogen) atoms. The van der Waals surface area contributed by atoms with Crippen LogP contribution in [0.25, 0.3) is 0 Å². The standard InChI is InChI=1S/C15H19F2NO/c1-2-19-14-9-13(15(14)6-3-7-15)18-12-5-4-10(16)8-11(12)17/h4-5,8,13-14,18H,2-3,6-7,9H2,1H3. The van der Waals surface area contributed by atoms with Gasteiger partial charge in [0.2, 0.25) is 0 Å². The van der Waals surface area contributed by atoms with Crippen LogP contribution in [0, 0.1) is 17.0 Å². The minimum Gasteiger partial charge on any atom is -0.379 e. The first-order valence-electron chi connectivity index (χ1n) is 6.99. The molecule has 1 N–H and O–H groups in total. The molecule has 2 aliphatic rings. The number of rotatable bonds is 4. The summed E-state index contributed by atoms with van der Waals surface area (Å²) in [6.45, 7) is 2.73. The number of hydrogen-bond donors (Lipinski definition) is 1. The Balaban J connectivity index is 1.71. The van der Waals surface area contributed by atoms with Gasteiger partial charge in [0.05, 0.1) is 11.8 Å². The van der Waals surface area contributed by atoms with Crippen molar-refractivity contribution in [3.05, 3.63) is 29.8 Å². The minimum atomic E-state index is -0.540. The van der Waals surface area contributed by atoms with E-state index in [4.69, 9.17) is 4.74 Å². The van der Waals surface area contributed by atoms with Crippen molar-refractivity contribution in [2.45, 2.75) is 44.8 Å². The Morgan fingerprint density at radius 3 is 2.74 bits per heavy atom. The van der Waals surface area contributed by atoms with Gasteiger partial charge in [-0.3, -0.25) is 0 Å². The quantitative estimate of drug-likeness (QED) is 0.897. The summed E-state index contributed by atoms with van der Waals surface area (Å²) in [4.78, 5) is 0. The van der Waals surface area contributed by atoms with Gasteiger partial charge in [-0.15, -0.1) is 0 Å². The Hall–Kier alpha value is -1.16. The summed E-state index contributed by atoms with van der Waals surface area (Å²) in [6, 6.07) is 3.94. The number of hydrogen-bond acceptors (Lipinski definition) is 2. The summed E-state index contributed by atoms with van der Waals surface area (Å²) in [7, 11) is 0. The normalized spacial score (nSPS) is 27.7. The molecule has 0 aromatic heterocycles. The molecule has 1 aromatic carbocycles. The van der Waals surface area contributed by atoms with Crippen LogP contribution in [0.1, 0.15) is 32.6 Å². The van der Waals surface area contributed by atoms with E-state index in [0.717, 1.165) is 31.9 Å². The molecular formula is C15H19F2NO. The van der Waals surface area contributed by atoms with Crippen molar-refractivity contribution >= 4 is 5.69 Å². The van der Waals surface area contributed by atoms with Crippen molar-refractivity contribution in [2.24, 2.45) is 5.41 Å². The molecular weight excluding hydrogens is 248 g/mol. The van der Waals surface area contributed by atoms with Crippen LogP contribution in [0.3, 0.4) is 0 Å². The van der Waals surface area contributed by atoms with Crippen molar-refractivity contribution < 1.29 is 13.5 Å². The average molecular weight is 267 g/mol. The predicted molar refractivity (Wildman–Crippen MR) is 70.1 cm³/mol. The average Bonchev–Trinajstić information content (AvgIpc) is 2.28. The van der Waals surface area contributed by atoms with E-state index in [0.29, 0.717) is 11.8 Å². The zero-order valence-electron chi connectivity index (χ0n) is 11.1. The summed E-state index contributed by atoms with van der Waals surface area (Å²) in [6.07, 6.45) is 4.70. The van der Waals surface area contributed by atoms with Crippen molar-refractivity contribution in [3.8, 4) is 0 Å². The Morgan fingerprint density at radius 2 is 2.16 bits per heavy atom. The maximum absolute atomic E-state index is 13.7. The summed E-state index contributed by atoms with van der Waals surface area (Å²) < 4.78 is 32.3. The molecule has 2 fully saturated rings. The van der Waals surface area contributed by atoms with E-state index < -0.39 is 11.6 Å². The molecule has 2 aliphatic carbocycles. The molecule has 2 unspecified atom stereocenters. The number of nitrogens with one attached hydrogen (secondary N) is 1. The third-order valence-electron chi connectivity index (χ3n) is 4.70. The maximum Gasteiger partial charge on any atom is 0.149 e. The summed E-state index contributed by atoms with van der Waals surface area (Å²) in [5, 5.41) is 3.23. The molecule has 1 aromatic rings. The van der Waals surface area contributed by atoms with E-state index >= 15 is 0 Å². The fraction of sp³-hybridized carbons (Fsp3) is 0.600. The Bertz CT molecular complexity index is 473. The van der Waals surface area contributed by atoms with Gasteiger partial charge in [0, 0.05) is 24.1 Å². The predicted octanol–water partition coefficient (Wildman–Crippen LogP) is 3.72. The molecule has 0 bridgehead atoms. The highest BCUT2D eigenvalue weighted by Crippen LogP contribution is 2.58. The van der Waals surface area contributed by atoms with Gasteiger partial charge >= 0.3 is 0 Å². The second-order valence-electron chi connectivity index (χ2n) is 5.59. The molecule has 0 amide bonds.